The van der Waals surface area contributed by atoms with Crippen molar-refractivity contribution in [2.45, 2.75) is 0 Å². The van der Waals surface area contributed by atoms with Gasteiger partial charge in [0.25, 0.3) is 0 Å². The molecule has 0 aliphatic heterocycles. The maximum atomic E-state index is 10.5. The molecule has 0 aliphatic rings. The van der Waals surface area contributed by atoms with Crippen molar-refractivity contribution < 1.29 is 56.6 Å². The summed E-state index contributed by atoms with van der Waals surface area (Å²) in [5, 5.41) is 0. The van der Waals surface area contributed by atoms with Crippen LogP contribution in [-0.2, 0) is 18.8 Å². The van der Waals surface area contributed by atoms with Crippen molar-refractivity contribution in [1.29, 1.82) is 0 Å². The fourth-order valence-electron chi connectivity index (χ4n) is 0. The van der Waals surface area contributed by atoms with E-state index < -0.39 is 23.5 Å². The summed E-state index contributed by atoms with van der Waals surface area (Å²) in [4.78, 5) is 0. The molecule has 0 fully saturated rings. The van der Waals surface area contributed by atoms with Crippen LogP contribution in [0.2, 0.25) is 0 Å². The second kappa shape index (κ2) is 14.3. The van der Waals surface area contributed by atoms with E-state index in [0.717, 1.165) is 0 Å². The second-order valence-electron chi connectivity index (χ2n) is 0.781. The monoisotopic (exact) mass is 476 g/mol. The molecule has 0 amide bonds. The average molecular weight is 476 g/mol. The molecule has 0 aromatic carbocycles. The van der Waals surface area contributed by atoms with E-state index in [1.54, 1.807) is 0 Å². The maximum absolute atomic E-state index is 10.5. The Morgan fingerprint density at radius 1 is 0.714 bits per heavy atom. The van der Waals surface area contributed by atoms with Crippen molar-refractivity contribution >= 4 is 23.5 Å². The van der Waals surface area contributed by atoms with Crippen molar-refractivity contribution in [3.8, 4) is 0 Å². The first-order valence-corrected chi connectivity index (χ1v) is 8.40. The first-order valence-electron chi connectivity index (χ1n) is 1.78. The van der Waals surface area contributed by atoms with E-state index in [-0.39, 0.29) is 7.43 Å². The zero-order chi connectivity index (χ0) is 11.7. The molecule has 0 aromatic heterocycles. The summed E-state index contributed by atoms with van der Waals surface area (Å²) in [6, 6.07) is 0. The van der Waals surface area contributed by atoms with Crippen molar-refractivity contribution in [2.75, 3.05) is 0 Å². The first kappa shape index (κ1) is 24.5. The molecule has 96 valence electrons. The van der Waals surface area contributed by atoms with Crippen molar-refractivity contribution in [1.82, 2.24) is 0 Å². The molecule has 0 radical (unpaired) electrons. The zero-order valence-corrected chi connectivity index (χ0v) is 11.3. The van der Waals surface area contributed by atoms with E-state index >= 15 is 0 Å². The normalized spacial score (nSPS) is 9.50. The van der Waals surface area contributed by atoms with Crippen LogP contribution < -0.4 is 0 Å². The van der Waals surface area contributed by atoms with Crippen LogP contribution in [0.4, 0.5) is 37.8 Å². The molecule has 0 atom stereocenters. The van der Waals surface area contributed by atoms with E-state index in [0.29, 0.717) is 18.8 Å². The number of rotatable bonds is 0. The summed E-state index contributed by atoms with van der Waals surface area (Å²) >= 11 is 0.475. The van der Waals surface area contributed by atoms with Crippen molar-refractivity contribution in [3.05, 3.63) is 7.43 Å². The third-order valence-corrected chi connectivity index (χ3v) is 0. The quantitative estimate of drug-likeness (QED) is 0.220. The molecule has 0 saturated heterocycles. The standard InChI is InChI=1S/CH3.2F3HP.F3P.Pt/c;3*1-4(2)3;/h1H3;2*4H;;/q-1;2*+1;;. The molecule has 0 saturated carbocycles. The van der Waals surface area contributed by atoms with Gasteiger partial charge in [-0.05, 0) is 0 Å². The van der Waals surface area contributed by atoms with Gasteiger partial charge in [-0.1, -0.05) is 0 Å². The van der Waals surface area contributed by atoms with Gasteiger partial charge in [-0.25, -0.2) is 0 Å². The van der Waals surface area contributed by atoms with E-state index in [4.69, 9.17) is 0 Å². The topological polar surface area (TPSA) is 0 Å². The molecule has 0 nitrogen and oxygen atoms in total. The minimum atomic E-state index is -4.92. The van der Waals surface area contributed by atoms with Gasteiger partial charge in [0, 0.05) is 25.2 Å². The van der Waals surface area contributed by atoms with Crippen LogP contribution in [0.3, 0.4) is 0 Å². The fraction of sp³-hybridized carbons (Fsp3) is 0. The summed E-state index contributed by atoms with van der Waals surface area (Å²) in [6.45, 7) is 0. The van der Waals surface area contributed by atoms with Gasteiger partial charge in [0.05, 0.1) is 0 Å². The fourth-order valence-corrected chi connectivity index (χ4v) is 0. The minimum Gasteiger partial charge on any atom is -0.358 e. The first-order chi connectivity index (χ1) is 5.46. The molecule has 0 rings (SSSR count). The Bertz CT molecular complexity index is 112. The van der Waals surface area contributed by atoms with Gasteiger partial charge in [0.2, 0.25) is 0 Å². The minimum absolute atomic E-state index is 0. The van der Waals surface area contributed by atoms with E-state index in [2.05, 4.69) is 0 Å². The van der Waals surface area contributed by atoms with Gasteiger partial charge in [-0.3, -0.25) is 0 Å². The summed E-state index contributed by atoms with van der Waals surface area (Å²) in [7, 11) is -8.76. The van der Waals surface area contributed by atoms with E-state index in [9.17, 15) is 37.8 Å². The number of halogens is 9. The molecular weight excluding hydrogens is 471 g/mol. The smallest absolute Gasteiger partial charge is 0.358 e. The molecule has 0 N–H and O–H groups in total. The van der Waals surface area contributed by atoms with E-state index in [1.807, 2.05) is 0 Å². The predicted octanol–water partition coefficient (Wildman–Crippen LogP) is 6.28. The van der Waals surface area contributed by atoms with Crippen LogP contribution in [0.5, 0.6) is 0 Å². The van der Waals surface area contributed by atoms with Gasteiger partial charge in [-0.2, -0.15) is 0 Å². The molecule has 0 spiro atoms. The molecule has 14 heavy (non-hydrogen) atoms. The predicted molar refractivity (Wildman–Crippen MR) is 39.9 cm³/mol. The van der Waals surface area contributed by atoms with Crippen molar-refractivity contribution in [3.63, 3.8) is 0 Å². The van der Waals surface area contributed by atoms with Gasteiger partial charge in [0.1, 0.15) is 0 Å². The van der Waals surface area contributed by atoms with Crippen LogP contribution >= 0.6 is 23.5 Å². The Hall–Kier alpha value is 1.35. The average Bonchev–Trinajstić information content (AvgIpc) is 1.50. The Balaban J connectivity index is -0.0000000522. The Labute approximate surface area is 88.0 Å². The van der Waals surface area contributed by atoms with Crippen LogP contribution in [0.25, 0.3) is 0 Å². The summed E-state index contributed by atoms with van der Waals surface area (Å²) < 4.78 is 90.0. The van der Waals surface area contributed by atoms with E-state index in [1.165, 1.54) is 0 Å². The van der Waals surface area contributed by atoms with Crippen LogP contribution in [0, 0.1) is 7.43 Å². The van der Waals surface area contributed by atoms with Gasteiger partial charge in [-0.15, -0.1) is 0 Å². The Kier molecular flexibility index (Phi) is 25.1. The largest absolute Gasteiger partial charge is 0.358 e. The summed E-state index contributed by atoms with van der Waals surface area (Å²) in [5.41, 5.74) is 0. The Morgan fingerprint density at radius 3 is 0.714 bits per heavy atom. The molecule has 0 heterocycles. The maximum Gasteiger partial charge on any atom is -0.358 e. The third kappa shape index (κ3) is 1120. The SMILES string of the molecule is F[PH+](F)F.F[PH+](F)F.F[P](F)(F)=[Pt].[CH3-]. The van der Waals surface area contributed by atoms with Crippen LogP contribution in [0.15, 0.2) is 0 Å². The molecule has 0 unspecified atom stereocenters. The van der Waals surface area contributed by atoms with Crippen LogP contribution in [-0.4, -0.2) is 0 Å². The third-order valence-electron chi connectivity index (χ3n) is 0. The van der Waals surface area contributed by atoms with Gasteiger partial charge >= 0.3 is 54.9 Å². The molecular formula is CH5F9P3Pt+. The van der Waals surface area contributed by atoms with Gasteiger partial charge < -0.3 is 7.43 Å². The summed E-state index contributed by atoms with van der Waals surface area (Å²) in [5.74, 6) is -4.92. The van der Waals surface area contributed by atoms with Gasteiger partial charge in [0.15, 0.2) is 0 Å². The number of hydrogen-bond donors (Lipinski definition) is 0. The molecule has 13 heteroatoms. The number of hydrogen-bond acceptors (Lipinski definition) is 0. The zero-order valence-electron chi connectivity index (χ0n) is 6.17. The Morgan fingerprint density at radius 2 is 0.714 bits per heavy atom. The molecule has 0 bridgehead atoms. The van der Waals surface area contributed by atoms with Crippen LogP contribution in [0.1, 0.15) is 0 Å². The summed E-state index contributed by atoms with van der Waals surface area (Å²) in [6.07, 6.45) is 0. The molecule has 0 aromatic rings. The second-order valence-corrected chi connectivity index (χ2v) is 5.80. The molecule has 0 aliphatic carbocycles. The van der Waals surface area contributed by atoms with Crippen molar-refractivity contribution in [2.24, 2.45) is 0 Å².